The maximum absolute atomic E-state index is 4.71. The monoisotopic (exact) mass is 292 g/mol. The molecule has 0 amide bonds. The van der Waals surface area contributed by atoms with Crippen molar-refractivity contribution in [2.45, 2.75) is 40.0 Å². The number of rotatable bonds is 7. The summed E-state index contributed by atoms with van der Waals surface area (Å²) in [6, 6.07) is 0. The predicted octanol–water partition coefficient (Wildman–Crippen LogP) is 2.39. The minimum absolute atomic E-state index is 0.634. The Kier molecular flexibility index (Phi) is 5.59. The number of hydrogen-bond donors (Lipinski definition) is 1. The molecular weight excluding hydrogens is 264 g/mol. The quantitative estimate of drug-likeness (QED) is 0.833. The standard InChI is InChI=1S/C15H28N6/c1-5-12(3)11-20(6-2)14-17-13(16-4)18-15(19-14)21-9-7-8-10-21/h12H,5-11H2,1-4H3,(H,16,17,18,19). The van der Waals surface area contributed by atoms with Gasteiger partial charge in [0, 0.05) is 33.2 Å². The first-order valence-electron chi connectivity index (χ1n) is 8.11. The molecule has 0 bridgehead atoms. The zero-order chi connectivity index (χ0) is 15.2. The van der Waals surface area contributed by atoms with E-state index in [9.17, 15) is 0 Å². The molecule has 1 atom stereocenters. The molecule has 21 heavy (non-hydrogen) atoms. The van der Waals surface area contributed by atoms with E-state index in [1.807, 2.05) is 7.05 Å². The van der Waals surface area contributed by atoms with Gasteiger partial charge in [-0.1, -0.05) is 20.3 Å². The molecule has 1 unspecified atom stereocenters. The molecule has 6 heteroatoms. The Bertz CT molecular complexity index is 444. The molecule has 0 aromatic carbocycles. The van der Waals surface area contributed by atoms with Crippen molar-refractivity contribution < 1.29 is 0 Å². The van der Waals surface area contributed by atoms with Crippen LogP contribution in [0.4, 0.5) is 17.8 Å². The Balaban J connectivity index is 2.25. The highest BCUT2D eigenvalue weighted by molar-refractivity contribution is 5.45. The van der Waals surface area contributed by atoms with Crippen LogP contribution in [0.15, 0.2) is 0 Å². The highest BCUT2D eigenvalue weighted by atomic mass is 15.4. The molecule has 6 nitrogen and oxygen atoms in total. The minimum atomic E-state index is 0.634. The lowest BCUT2D eigenvalue weighted by atomic mass is 10.1. The van der Waals surface area contributed by atoms with Crippen molar-refractivity contribution in [1.29, 1.82) is 0 Å². The van der Waals surface area contributed by atoms with E-state index in [0.717, 1.165) is 38.1 Å². The van der Waals surface area contributed by atoms with Gasteiger partial charge in [0.05, 0.1) is 0 Å². The van der Waals surface area contributed by atoms with Crippen molar-refractivity contribution in [1.82, 2.24) is 15.0 Å². The molecule has 0 aliphatic carbocycles. The molecular formula is C15H28N6. The molecule has 1 aromatic rings. The predicted molar refractivity (Wildman–Crippen MR) is 88.2 cm³/mol. The molecule has 1 fully saturated rings. The Labute approximate surface area is 128 Å². The summed E-state index contributed by atoms with van der Waals surface area (Å²) in [4.78, 5) is 18.3. The van der Waals surface area contributed by atoms with Crippen molar-refractivity contribution in [2.75, 3.05) is 48.3 Å². The van der Waals surface area contributed by atoms with E-state index in [-0.39, 0.29) is 0 Å². The Morgan fingerprint density at radius 3 is 2.48 bits per heavy atom. The normalized spacial score (nSPS) is 16.1. The highest BCUT2D eigenvalue weighted by Crippen LogP contribution is 2.21. The van der Waals surface area contributed by atoms with E-state index in [0.29, 0.717) is 11.9 Å². The average molecular weight is 292 g/mol. The van der Waals surface area contributed by atoms with Crippen molar-refractivity contribution in [2.24, 2.45) is 5.92 Å². The van der Waals surface area contributed by atoms with Gasteiger partial charge in [-0.25, -0.2) is 0 Å². The molecule has 1 saturated heterocycles. The van der Waals surface area contributed by atoms with Gasteiger partial charge in [0.25, 0.3) is 0 Å². The highest BCUT2D eigenvalue weighted by Gasteiger charge is 2.19. The molecule has 0 radical (unpaired) electrons. The third-order valence-electron chi connectivity index (χ3n) is 4.12. The fourth-order valence-corrected chi connectivity index (χ4v) is 2.52. The third kappa shape index (κ3) is 3.95. The minimum Gasteiger partial charge on any atom is -0.357 e. The van der Waals surface area contributed by atoms with Gasteiger partial charge in [-0.05, 0) is 25.7 Å². The lowest BCUT2D eigenvalue weighted by Gasteiger charge is -2.25. The number of anilines is 3. The summed E-state index contributed by atoms with van der Waals surface area (Å²) in [7, 11) is 1.86. The van der Waals surface area contributed by atoms with Crippen LogP contribution in [0.1, 0.15) is 40.0 Å². The second-order valence-corrected chi connectivity index (χ2v) is 5.76. The second kappa shape index (κ2) is 7.43. The zero-order valence-corrected chi connectivity index (χ0v) is 13.8. The first-order chi connectivity index (χ1) is 10.2. The van der Waals surface area contributed by atoms with Crippen LogP contribution in [0.25, 0.3) is 0 Å². The largest absolute Gasteiger partial charge is 0.357 e. The van der Waals surface area contributed by atoms with Crippen LogP contribution >= 0.6 is 0 Å². The Morgan fingerprint density at radius 1 is 1.19 bits per heavy atom. The summed E-state index contributed by atoms with van der Waals surface area (Å²) in [6.45, 7) is 10.6. The maximum Gasteiger partial charge on any atom is 0.231 e. The maximum atomic E-state index is 4.71. The van der Waals surface area contributed by atoms with Crippen LogP contribution in [0.2, 0.25) is 0 Å². The van der Waals surface area contributed by atoms with Crippen molar-refractivity contribution >= 4 is 17.8 Å². The molecule has 0 spiro atoms. The number of aromatic nitrogens is 3. The van der Waals surface area contributed by atoms with E-state index < -0.39 is 0 Å². The van der Waals surface area contributed by atoms with E-state index in [1.54, 1.807) is 0 Å². The van der Waals surface area contributed by atoms with Crippen LogP contribution in [0.5, 0.6) is 0 Å². The van der Waals surface area contributed by atoms with E-state index >= 15 is 0 Å². The fraction of sp³-hybridized carbons (Fsp3) is 0.800. The Hall–Kier alpha value is -1.59. The first-order valence-corrected chi connectivity index (χ1v) is 8.11. The second-order valence-electron chi connectivity index (χ2n) is 5.76. The van der Waals surface area contributed by atoms with Gasteiger partial charge in [0.15, 0.2) is 0 Å². The van der Waals surface area contributed by atoms with Crippen LogP contribution in [0.3, 0.4) is 0 Å². The molecule has 1 aliphatic heterocycles. The molecule has 1 N–H and O–H groups in total. The summed E-state index contributed by atoms with van der Waals surface area (Å²) < 4.78 is 0. The third-order valence-corrected chi connectivity index (χ3v) is 4.12. The number of nitrogens with zero attached hydrogens (tertiary/aromatic N) is 5. The van der Waals surface area contributed by atoms with Crippen LogP contribution in [0, 0.1) is 5.92 Å². The average Bonchev–Trinajstić information content (AvgIpc) is 3.06. The summed E-state index contributed by atoms with van der Waals surface area (Å²) >= 11 is 0. The summed E-state index contributed by atoms with van der Waals surface area (Å²) in [5.41, 5.74) is 0. The van der Waals surface area contributed by atoms with Gasteiger partial charge in [0.1, 0.15) is 0 Å². The SMILES string of the molecule is CCC(C)CN(CC)c1nc(NC)nc(N2CCCC2)n1. The summed E-state index contributed by atoms with van der Waals surface area (Å²) in [5.74, 6) is 2.89. The van der Waals surface area contributed by atoms with Crippen LogP contribution < -0.4 is 15.1 Å². The van der Waals surface area contributed by atoms with Gasteiger partial charge in [-0.2, -0.15) is 15.0 Å². The van der Waals surface area contributed by atoms with Gasteiger partial charge >= 0.3 is 0 Å². The van der Waals surface area contributed by atoms with Gasteiger partial charge < -0.3 is 15.1 Å². The lowest BCUT2D eigenvalue weighted by Crippen LogP contribution is -2.31. The molecule has 1 aromatic heterocycles. The summed E-state index contributed by atoms with van der Waals surface area (Å²) in [6.07, 6.45) is 3.61. The smallest absolute Gasteiger partial charge is 0.231 e. The van der Waals surface area contributed by atoms with Crippen molar-refractivity contribution in [3.8, 4) is 0 Å². The number of nitrogens with one attached hydrogen (secondary N) is 1. The van der Waals surface area contributed by atoms with E-state index in [1.165, 1.54) is 19.3 Å². The van der Waals surface area contributed by atoms with E-state index in [2.05, 4.69) is 45.9 Å². The lowest BCUT2D eigenvalue weighted by molar-refractivity contribution is 0.542. The van der Waals surface area contributed by atoms with Gasteiger partial charge in [-0.3, -0.25) is 0 Å². The molecule has 2 rings (SSSR count). The molecule has 118 valence electrons. The van der Waals surface area contributed by atoms with Crippen molar-refractivity contribution in [3.05, 3.63) is 0 Å². The topological polar surface area (TPSA) is 57.2 Å². The first kappa shape index (κ1) is 15.8. The molecule has 1 aliphatic rings. The molecule has 0 saturated carbocycles. The van der Waals surface area contributed by atoms with Crippen LogP contribution in [-0.4, -0.2) is 48.2 Å². The van der Waals surface area contributed by atoms with Crippen molar-refractivity contribution in [3.63, 3.8) is 0 Å². The fourth-order valence-electron chi connectivity index (χ4n) is 2.52. The number of hydrogen-bond acceptors (Lipinski definition) is 6. The Morgan fingerprint density at radius 2 is 1.90 bits per heavy atom. The van der Waals surface area contributed by atoms with Gasteiger partial charge in [0.2, 0.25) is 17.8 Å². The van der Waals surface area contributed by atoms with Crippen LogP contribution in [-0.2, 0) is 0 Å². The van der Waals surface area contributed by atoms with Gasteiger partial charge in [-0.15, -0.1) is 0 Å². The molecule has 2 heterocycles. The summed E-state index contributed by atoms with van der Waals surface area (Å²) in [5, 5.41) is 3.06. The zero-order valence-electron chi connectivity index (χ0n) is 13.8. The van der Waals surface area contributed by atoms with E-state index in [4.69, 9.17) is 4.98 Å².